The van der Waals surface area contributed by atoms with Gasteiger partial charge in [0, 0.05) is 11.6 Å². The molecule has 1 aliphatic rings. The minimum atomic E-state index is -0.665. The molecule has 0 aromatic heterocycles. The van der Waals surface area contributed by atoms with Gasteiger partial charge >= 0.3 is 5.97 Å². The largest absolute Gasteiger partial charge is 0.440 e. The molecule has 1 aliphatic heterocycles. The maximum Gasteiger partial charge on any atom is 0.343 e. The van der Waals surface area contributed by atoms with Crippen LogP contribution in [0.15, 0.2) is 78.2 Å². The molecule has 0 aliphatic carbocycles. The van der Waals surface area contributed by atoms with E-state index in [0.29, 0.717) is 16.9 Å². The van der Waals surface area contributed by atoms with E-state index in [2.05, 4.69) is 6.07 Å². The number of carbonyl (C=O) groups excluding carboxylic acids is 1. The molecule has 0 amide bonds. The molecule has 2 N–H and O–H groups in total. The normalized spacial score (nSPS) is 15.0. The molecule has 1 heterocycles. The van der Waals surface area contributed by atoms with Crippen LogP contribution in [-0.4, -0.2) is 5.97 Å². The average Bonchev–Trinajstić information content (AvgIpc) is 2.74. The molecule has 3 aromatic rings. The number of carbonyl (C=O) groups is 1. The van der Waals surface area contributed by atoms with Gasteiger partial charge in [-0.3, -0.25) is 0 Å². The number of benzene rings is 3. The molecule has 0 saturated heterocycles. The van der Waals surface area contributed by atoms with Crippen LogP contribution in [0, 0.1) is 23.0 Å². The summed E-state index contributed by atoms with van der Waals surface area (Å²) in [5.41, 5.74) is 7.60. The summed E-state index contributed by atoms with van der Waals surface area (Å²) in [5, 5.41) is 9.55. The highest BCUT2D eigenvalue weighted by Gasteiger charge is 2.31. The first-order chi connectivity index (χ1) is 14.5. The van der Waals surface area contributed by atoms with Gasteiger partial charge in [0.25, 0.3) is 0 Å². The zero-order valence-electron chi connectivity index (χ0n) is 15.4. The van der Waals surface area contributed by atoms with Gasteiger partial charge in [-0.1, -0.05) is 18.2 Å². The fraction of sp³-hybridized carbons (Fsp3) is 0.0435. The number of halogens is 2. The third-order valence-corrected chi connectivity index (χ3v) is 4.68. The molecule has 0 spiro atoms. The van der Waals surface area contributed by atoms with Gasteiger partial charge in [0.1, 0.15) is 34.8 Å². The first-order valence-electron chi connectivity index (χ1n) is 8.91. The minimum Gasteiger partial charge on any atom is -0.440 e. The quantitative estimate of drug-likeness (QED) is 0.517. The van der Waals surface area contributed by atoms with Crippen molar-refractivity contribution in [2.45, 2.75) is 5.92 Å². The maximum absolute atomic E-state index is 13.3. The molecule has 1 atom stereocenters. The Balaban J connectivity index is 1.68. The van der Waals surface area contributed by atoms with Gasteiger partial charge in [0.15, 0.2) is 0 Å². The summed E-state index contributed by atoms with van der Waals surface area (Å²) in [7, 11) is 0. The Labute approximate surface area is 170 Å². The van der Waals surface area contributed by atoms with Crippen molar-refractivity contribution in [3.05, 3.63) is 107 Å². The number of ether oxygens (including phenoxy) is 2. The topological polar surface area (TPSA) is 85.3 Å². The van der Waals surface area contributed by atoms with Crippen LogP contribution in [0.3, 0.4) is 0 Å². The number of nitriles is 1. The zero-order valence-corrected chi connectivity index (χ0v) is 15.4. The van der Waals surface area contributed by atoms with Crippen LogP contribution in [0.1, 0.15) is 27.4 Å². The molecule has 30 heavy (non-hydrogen) atoms. The van der Waals surface area contributed by atoms with Gasteiger partial charge in [-0.2, -0.15) is 5.26 Å². The molecule has 0 bridgehead atoms. The van der Waals surface area contributed by atoms with E-state index in [4.69, 9.17) is 15.2 Å². The maximum atomic E-state index is 13.3. The van der Waals surface area contributed by atoms with Crippen molar-refractivity contribution in [2.24, 2.45) is 5.73 Å². The highest BCUT2D eigenvalue weighted by atomic mass is 19.1. The molecule has 1 unspecified atom stereocenters. The van der Waals surface area contributed by atoms with Crippen LogP contribution in [-0.2, 0) is 0 Å². The monoisotopic (exact) mass is 404 g/mol. The summed E-state index contributed by atoms with van der Waals surface area (Å²) >= 11 is 0. The van der Waals surface area contributed by atoms with Crippen LogP contribution < -0.4 is 15.2 Å². The lowest BCUT2D eigenvalue weighted by Gasteiger charge is -2.26. The van der Waals surface area contributed by atoms with Crippen molar-refractivity contribution in [1.82, 2.24) is 0 Å². The summed E-state index contributed by atoms with van der Waals surface area (Å²) in [5.74, 6) is -1.66. The first kappa shape index (κ1) is 19.2. The van der Waals surface area contributed by atoms with E-state index >= 15 is 0 Å². The molecule has 4 rings (SSSR count). The predicted molar refractivity (Wildman–Crippen MR) is 103 cm³/mol. The van der Waals surface area contributed by atoms with E-state index in [1.807, 2.05) is 0 Å². The lowest BCUT2D eigenvalue weighted by molar-refractivity contribution is 0.0734. The smallest absolute Gasteiger partial charge is 0.343 e. The lowest BCUT2D eigenvalue weighted by Crippen LogP contribution is -2.21. The fourth-order valence-electron chi connectivity index (χ4n) is 3.25. The molecule has 148 valence electrons. The first-order valence-corrected chi connectivity index (χ1v) is 8.91. The number of fused-ring (bicyclic) bond motifs is 1. The number of nitrogens with two attached hydrogens (primary N) is 1. The summed E-state index contributed by atoms with van der Waals surface area (Å²) in [6.07, 6.45) is 0. The summed E-state index contributed by atoms with van der Waals surface area (Å²) in [6, 6.07) is 17.4. The SMILES string of the molecule is N#CC1=C(N)Oc2cc(OC(=O)c3ccc(F)cc3)ccc2C1c1ccc(F)cc1. The molecule has 0 radical (unpaired) electrons. The van der Waals surface area contributed by atoms with Gasteiger partial charge in [0.2, 0.25) is 5.88 Å². The third kappa shape index (κ3) is 3.59. The summed E-state index contributed by atoms with van der Waals surface area (Å²) < 4.78 is 37.3. The van der Waals surface area contributed by atoms with Gasteiger partial charge < -0.3 is 15.2 Å². The molecule has 0 fully saturated rings. The van der Waals surface area contributed by atoms with Crippen molar-refractivity contribution in [3.63, 3.8) is 0 Å². The van der Waals surface area contributed by atoms with Gasteiger partial charge in [-0.15, -0.1) is 0 Å². The second-order valence-corrected chi connectivity index (χ2v) is 6.57. The summed E-state index contributed by atoms with van der Waals surface area (Å²) in [4.78, 5) is 12.3. The van der Waals surface area contributed by atoms with Crippen molar-refractivity contribution in [2.75, 3.05) is 0 Å². The number of hydrogen-bond donors (Lipinski definition) is 1. The van der Waals surface area contributed by atoms with Crippen LogP contribution in [0.5, 0.6) is 11.5 Å². The zero-order chi connectivity index (χ0) is 21.3. The molecular weight excluding hydrogens is 390 g/mol. The lowest BCUT2D eigenvalue weighted by atomic mass is 9.83. The van der Waals surface area contributed by atoms with Crippen molar-refractivity contribution in [3.8, 4) is 17.6 Å². The fourth-order valence-corrected chi connectivity index (χ4v) is 3.25. The number of nitrogens with zero attached hydrogens (tertiary/aromatic N) is 1. The van der Waals surface area contributed by atoms with Gasteiger partial charge in [-0.05, 0) is 48.0 Å². The average molecular weight is 404 g/mol. The van der Waals surface area contributed by atoms with Crippen LogP contribution in [0.4, 0.5) is 8.78 Å². The predicted octanol–water partition coefficient (Wildman–Crippen LogP) is 4.40. The van der Waals surface area contributed by atoms with E-state index in [1.54, 1.807) is 24.3 Å². The number of hydrogen-bond acceptors (Lipinski definition) is 5. The Morgan fingerprint density at radius 3 is 2.27 bits per heavy atom. The standard InChI is InChI=1S/C23H14F2N2O3/c24-15-5-1-13(2-6-15)21-18-10-9-17(11-20(18)30-22(27)19(21)12-26)29-23(28)14-3-7-16(25)8-4-14/h1-11,21H,27H2. The second-order valence-electron chi connectivity index (χ2n) is 6.57. The van der Waals surface area contributed by atoms with Crippen LogP contribution in [0.2, 0.25) is 0 Å². The van der Waals surface area contributed by atoms with Crippen molar-refractivity contribution < 1.29 is 23.0 Å². The van der Waals surface area contributed by atoms with Gasteiger partial charge in [-0.25, -0.2) is 13.6 Å². The van der Waals surface area contributed by atoms with Crippen molar-refractivity contribution >= 4 is 5.97 Å². The Morgan fingerprint density at radius 1 is 1.00 bits per heavy atom. The van der Waals surface area contributed by atoms with Crippen LogP contribution in [0.25, 0.3) is 0 Å². The Kier molecular flexibility index (Phi) is 4.90. The van der Waals surface area contributed by atoms with E-state index in [1.165, 1.54) is 30.3 Å². The highest BCUT2D eigenvalue weighted by molar-refractivity contribution is 5.91. The number of allylic oxidation sites excluding steroid dienone is 1. The molecule has 5 nitrogen and oxygen atoms in total. The molecular formula is C23H14F2N2O3. The van der Waals surface area contributed by atoms with Gasteiger partial charge in [0.05, 0.1) is 11.5 Å². The Bertz CT molecular complexity index is 1200. The molecule has 3 aromatic carbocycles. The van der Waals surface area contributed by atoms with E-state index in [-0.39, 0.29) is 22.8 Å². The third-order valence-electron chi connectivity index (χ3n) is 4.68. The Hall–Kier alpha value is -4.18. The van der Waals surface area contributed by atoms with Crippen molar-refractivity contribution in [1.29, 1.82) is 5.26 Å². The number of rotatable bonds is 3. The highest BCUT2D eigenvalue weighted by Crippen LogP contribution is 2.43. The van der Waals surface area contributed by atoms with E-state index in [9.17, 15) is 18.8 Å². The Morgan fingerprint density at radius 2 is 1.63 bits per heavy atom. The van der Waals surface area contributed by atoms with Crippen LogP contribution >= 0.6 is 0 Å². The second kappa shape index (κ2) is 7.68. The number of esters is 1. The molecule has 7 heteroatoms. The molecule has 0 saturated carbocycles. The minimum absolute atomic E-state index is 0.0821. The van der Waals surface area contributed by atoms with E-state index < -0.39 is 23.5 Å². The summed E-state index contributed by atoms with van der Waals surface area (Å²) in [6.45, 7) is 0. The van der Waals surface area contributed by atoms with E-state index in [0.717, 1.165) is 12.1 Å².